The molecule has 2 aliphatic rings. The predicted molar refractivity (Wildman–Crippen MR) is 155 cm³/mol. The van der Waals surface area contributed by atoms with Gasteiger partial charge in [0.25, 0.3) is 5.91 Å². The van der Waals surface area contributed by atoms with Gasteiger partial charge in [0, 0.05) is 45.1 Å². The number of anilines is 1. The molecule has 9 nitrogen and oxygen atoms in total. The van der Waals surface area contributed by atoms with Gasteiger partial charge < -0.3 is 9.64 Å². The van der Waals surface area contributed by atoms with E-state index in [1.54, 1.807) is 24.3 Å². The van der Waals surface area contributed by atoms with Crippen LogP contribution in [0.4, 0.5) is 5.69 Å². The quantitative estimate of drug-likeness (QED) is 0.406. The molecule has 0 spiro atoms. The molecule has 0 bridgehead atoms. The molecule has 1 atom stereocenters. The highest BCUT2D eigenvalue weighted by Crippen LogP contribution is 2.39. The predicted octanol–water partition coefficient (Wildman–Crippen LogP) is 3.71. The number of hydrogen-bond donors (Lipinski definition) is 0. The second-order valence-electron chi connectivity index (χ2n) is 9.84. The molecule has 3 aromatic rings. The monoisotopic (exact) mass is 602 g/mol. The molecule has 2 aliphatic heterocycles. The van der Waals surface area contributed by atoms with E-state index in [0.717, 1.165) is 16.7 Å². The highest BCUT2D eigenvalue weighted by molar-refractivity contribution is 7.91. The highest BCUT2D eigenvalue weighted by Gasteiger charge is 2.33. The lowest BCUT2D eigenvalue weighted by Gasteiger charge is -2.37. The van der Waals surface area contributed by atoms with Gasteiger partial charge in [-0.2, -0.15) is 0 Å². The highest BCUT2D eigenvalue weighted by atomic mass is 35.5. The number of benzene rings is 2. The Morgan fingerprint density at radius 1 is 1.07 bits per heavy atom. The average Bonchev–Trinajstić information content (AvgIpc) is 2.95. The molecule has 0 radical (unpaired) electrons. The maximum absolute atomic E-state index is 13.7. The van der Waals surface area contributed by atoms with Crippen molar-refractivity contribution in [3.8, 4) is 16.9 Å². The van der Waals surface area contributed by atoms with Crippen LogP contribution >= 0.6 is 23.2 Å². The van der Waals surface area contributed by atoms with Gasteiger partial charge in [-0.1, -0.05) is 53.5 Å². The van der Waals surface area contributed by atoms with Crippen LogP contribution in [0.5, 0.6) is 5.75 Å². The normalized spacial score (nSPS) is 17.6. The number of aromatic nitrogens is 1. The summed E-state index contributed by atoms with van der Waals surface area (Å²) >= 11 is 12.3. The third-order valence-corrected chi connectivity index (χ3v) is 9.59. The molecule has 1 saturated heterocycles. The summed E-state index contributed by atoms with van der Waals surface area (Å²) in [4.78, 5) is 35.7. The Labute approximate surface area is 243 Å². The number of sulfone groups is 1. The van der Waals surface area contributed by atoms with Gasteiger partial charge in [-0.05, 0) is 28.8 Å². The number of nitrogens with zero attached hydrogens (tertiary/aromatic N) is 4. The van der Waals surface area contributed by atoms with Crippen molar-refractivity contribution in [2.24, 2.45) is 0 Å². The minimum absolute atomic E-state index is 0.0830. The lowest BCUT2D eigenvalue weighted by molar-refractivity contribution is -0.133. The number of pyridine rings is 1. The minimum atomic E-state index is -3.05. The Balaban J connectivity index is 1.40. The fraction of sp³-hybridized carbons (Fsp3) is 0.321. The van der Waals surface area contributed by atoms with Crippen LogP contribution in [-0.4, -0.2) is 86.4 Å². The molecule has 12 heteroatoms. The maximum atomic E-state index is 13.7. The first-order chi connectivity index (χ1) is 19.1. The van der Waals surface area contributed by atoms with E-state index in [1.807, 2.05) is 36.4 Å². The summed E-state index contributed by atoms with van der Waals surface area (Å²) in [5, 5.41) is 0.535. The van der Waals surface area contributed by atoms with Crippen molar-refractivity contribution in [2.75, 3.05) is 56.2 Å². The first-order valence-corrected chi connectivity index (χ1v) is 15.3. The van der Waals surface area contributed by atoms with Gasteiger partial charge in [0.15, 0.2) is 16.4 Å². The average molecular weight is 604 g/mol. The van der Waals surface area contributed by atoms with E-state index in [1.165, 1.54) is 17.0 Å². The number of hydrogen-bond acceptors (Lipinski definition) is 7. The van der Waals surface area contributed by atoms with Gasteiger partial charge in [0.2, 0.25) is 5.91 Å². The fourth-order valence-electron chi connectivity index (χ4n) is 4.85. The van der Waals surface area contributed by atoms with Crippen molar-refractivity contribution in [1.29, 1.82) is 0 Å². The van der Waals surface area contributed by atoms with Gasteiger partial charge in [0.1, 0.15) is 12.3 Å². The molecule has 3 heterocycles. The summed E-state index contributed by atoms with van der Waals surface area (Å²) in [7, 11) is -1.36. The van der Waals surface area contributed by atoms with Crippen LogP contribution < -0.4 is 9.64 Å². The number of rotatable bonds is 7. The molecular weight excluding hydrogens is 575 g/mol. The lowest BCUT2D eigenvalue weighted by atomic mass is 10.00. The zero-order valence-corrected chi connectivity index (χ0v) is 24.1. The summed E-state index contributed by atoms with van der Waals surface area (Å²) in [5.74, 6) is -0.120. The van der Waals surface area contributed by atoms with Crippen molar-refractivity contribution in [1.82, 2.24) is 14.8 Å². The third kappa shape index (κ3) is 6.25. The Bertz CT molecular complexity index is 1510. The Morgan fingerprint density at radius 2 is 1.77 bits per heavy atom. The largest absolute Gasteiger partial charge is 0.482 e. The number of ether oxygens (including phenoxy) is 1. The summed E-state index contributed by atoms with van der Waals surface area (Å²) in [6.45, 7) is 0.789. The third-order valence-electron chi connectivity index (χ3n) is 7.26. The van der Waals surface area contributed by atoms with Gasteiger partial charge >= 0.3 is 0 Å². The Morgan fingerprint density at radius 3 is 2.45 bits per heavy atom. The molecule has 2 amide bonds. The number of likely N-dealkylation sites (N-methyl/N-ethyl adjacent to an activating group) is 1. The molecule has 0 aliphatic carbocycles. The van der Waals surface area contributed by atoms with E-state index in [-0.39, 0.29) is 52.6 Å². The fourth-order valence-corrected chi connectivity index (χ4v) is 6.44. The summed E-state index contributed by atoms with van der Waals surface area (Å²) in [5.41, 5.74) is 3.23. The van der Waals surface area contributed by atoms with Crippen LogP contribution in [0, 0.1) is 0 Å². The van der Waals surface area contributed by atoms with Crippen LogP contribution in [0.15, 0.2) is 60.9 Å². The van der Waals surface area contributed by atoms with Gasteiger partial charge in [-0.15, -0.1) is 0 Å². The molecule has 0 saturated carbocycles. The van der Waals surface area contributed by atoms with Gasteiger partial charge in [0.05, 0.1) is 33.3 Å². The van der Waals surface area contributed by atoms with Crippen LogP contribution in [-0.2, 0) is 19.4 Å². The van der Waals surface area contributed by atoms with E-state index >= 15 is 0 Å². The first kappa shape index (κ1) is 28.4. The summed E-state index contributed by atoms with van der Waals surface area (Å²) < 4.78 is 29.5. The number of carbonyl (C=O) groups is 2. The van der Waals surface area contributed by atoms with Crippen molar-refractivity contribution in [3.05, 3.63) is 76.5 Å². The summed E-state index contributed by atoms with van der Waals surface area (Å²) in [6, 6.07) is 14.4. The van der Waals surface area contributed by atoms with Crippen molar-refractivity contribution >= 4 is 50.5 Å². The van der Waals surface area contributed by atoms with E-state index in [4.69, 9.17) is 27.9 Å². The summed E-state index contributed by atoms with van der Waals surface area (Å²) in [6.07, 6.45) is 3.50. The smallest absolute Gasteiger partial charge is 0.265 e. The van der Waals surface area contributed by atoms with Crippen LogP contribution in [0.2, 0.25) is 10.0 Å². The molecule has 0 N–H and O–H groups in total. The number of halogens is 2. The van der Waals surface area contributed by atoms with Crippen molar-refractivity contribution < 1.29 is 22.7 Å². The van der Waals surface area contributed by atoms with E-state index in [2.05, 4.69) is 9.88 Å². The Hall–Kier alpha value is -3.18. The molecular formula is C28H28Cl2N4O5S. The van der Waals surface area contributed by atoms with E-state index in [0.29, 0.717) is 31.1 Å². The molecule has 1 fully saturated rings. The lowest BCUT2D eigenvalue weighted by Crippen LogP contribution is -2.49. The van der Waals surface area contributed by atoms with Crippen LogP contribution in [0.3, 0.4) is 0 Å². The van der Waals surface area contributed by atoms with Crippen LogP contribution in [0.1, 0.15) is 11.6 Å². The van der Waals surface area contributed by atoms with E-state index < -0.39 is 9.84 Å². The first-order valence-electron chi connectivity index (χ1n) is 12.7. The molecule has 210 valence electrons. The Kier molecular flexibility index (Phi) is 8.32. The van der Waals surface area contributed by atoms with Crippen LogP contribution in [0.25, 0.3) is 11.1 Å². The zero-order valence-electron chi connectivity index (χ0n) is 21.8. The zero-order chi connectivity index (χ0) is 28.4. The molecule has 40 heavy (non-hydrogen) atoms. The molecule has 1 unspecified atom stereocenters. The number of amides is 2. The maximum Gasteiger partial charge on any atom is 0.265 e. The molecule has 2 aromatic carbocycles. The topological polar surface area (TPSA) is 100 Å². The molecule has 5 rings (SSSR count). The second-order valence-corrected chi connectivity index (χ2v) is 13.0. The number of fused-ring (bicyclic) bond motifs is 1. The van der Waals surface area contributed by atoms with Gasteiger partial charge in [-0.25, -0.2) is 8.42 Å². The minimum Gasteiger partial charge on any atom is -0.482 e. The van der Waals surface area contributed by atoms with E-state index in [9.17, 15) is 18.0 Å². The van der Waals surface area contributed by atoms with Crippen molar-refractivity contribution in [3.63, 3.8) is 0 Å². The molecule has 1 aromatic heterocycles. The number of carbonyl (C=O) groups excluding carboxylic acids is 2. The van der Waals surface area contributed by atoms with Crippen molar-refractivity contribution in [2.45, 2.75) is 6.04 Å². The second kappa shape index (κ2) is 11.7. The SMILES string of the molecule is CN(C(=O)CN1C(=O)COc2cc(Cl)c(Cl)cc21)C(CN1CCS(=O)(=O)CC1)c1ccc(-c2cccnc2)cc1. The van der Waals surface area contributed by atoms with Gasteiger partial charge in [-0.3, -0.25) is 24.4 Å². The standard InChI is InChI=1S/C28H28Cl2N4O5S/c1-32(27(35)17-34-24-13-22(29)23(30)14-26(24)39-18-28(34)36)25(16-33-9-11-40(37,38)12-10-33)20-6-4-19(5-7-20)21-3-2-8-31-15-21/h2-8,13-15,25H,9-12,16-18H2,1H3.